The van der Waals surface area contributed by atoms with E-state index in [1.165, 1.54) is 0 Å². The van der Waals surface area contributed by atoms with Crippen LogP contribution in [0.5, 0.6) is 11.5 Å². The topological polar surface area (TPSA) is 93.9 Å². The van der Waals surface area contributed by atoms with Crippen LogP contribution >= 0.6 is 0 Å². The average Bonchev–Trinajstić information content (AvgIpc) is 2.64. The van der Waals surface area contributed by atoms with Gasteiger partial charge in [-0.05, 0) is 43.0 Å². The third kappa shape index (κ3) is 5.14. The number of rotatable bonds is 6. The molecule has 2 rings (SSSR count). The smallest absolute Gasteiger partial charge is 0.312 e. The van der Waals surface area contributed by atoms with Gasteiger partial charge in [0.25, 0.3) is 0 Å². The van der Waals surface area contributed by atoms with Crippen molar-refractivity contribution in [1.82, 2.24) is 10.2 Å². The van der Waals surface area contributed by atoms with Crippen LogP contribution in [-0.2, 0) is 4.79 Å². The number of piperidine rings is 1. The molecule has 1 saturated heterocycles. The lowest BCUT2D eigenvalue weighted by Crippen LogP contribution is -2.49. The number of carbonyl (C=O) groups is 2. The van der Waals surface area contributed by atoms with Gasteiger partial charge in [-0.1, -0.05) is 6.07 Å². The number of amides is 3. The molecule has 1 aliphatic heterocycles. The number of nitrogens with one attached hydrogen (secondary N) is 1. The Balaban J connectivity index is 2.06. The molecule has 136 valence electrons. The SMILES string of the molecule is COc1ccc(/C=C/C(=O)N2CCCCC2CNC(N)=O)cc1OC. The van der Waals surface area contributed by atoms with Gasteiger partial charge < -0.3 is 25.4 Å². The Labute approximate surface area is 147 Å². The van der Waals surface area contributed by atoms with Crippen LogP contribution in [0.4, 0.5) is 4.79 Å². The molecule has 1 aromatic carbocycles. The van der Waals surface area contributed by atoms with Crippen molar-refractivity contribution in [3.63, 3.8) is 0 Å². The summed E-state index contributed by atoms with van der Waals surface area (Å²) in [7, 11) is 3.15. The van der Waals surface area contributed by atoms with Crippen LogP contribution in [0.1, 0.15) is 24.8 Å². The maximum absolute atomic E-state index is 12.5. The third-order valence-corrected chi connectivity index (χ3v) is 4.25. The summed E-state index contributed by atoms with van der Waals surface area (Å²) in [5, 5.41) is 2.59. The molecule has 7 heteroatoms. The number of hydrogen-bond donors (Lipinski definition) is 2. The van der Waals surface area contributed by atoms with Gasteiger partial charge >= 0.3 is 6.03 Å². The van der Waals surface area contributed by atoms with Gasteiger partial charge in [-0.25, -0.2) is 4.79 Å². The summed E-state index contributed by atoms with van der Waals surface area (Å²) in [4.78, 5) is 25.2. The van der Waals surface area contributed by atoms with Crippen molar-refractivity contribution in [1.29, 1.82) is 0 Å². The number of urea groups is 1. The first kappa shape index (κ1) is 18.6. The van der Waals surface area contributed by atoms with Gasteiger partial charge in [0.2, 0.25) is 5.91 Å². The second-order valence-electron chi connectivity index (χ2n) is 5.87. The van der Waals surface area contributed by atoms with Crippen molar-refractivity contribution >= 4 is 18.0 Å². The van der Waals surface area contributed by atoms with E-state index in [0.717, 1.165) is 24.8 Å². The van der Waals surface area contributed by atoms with Crippen LogP contribution in [0, 0.1) is 0 Å². The predicted octanol–water partition coefficient (Wildman–Crippen LogP) is 1.77. The van der Waals surface area contributed by atoms with Gasteiger partial charge in [0.1, 0.15) is 0 Å². The zero-order valence-electron chi connectivity index (χ0n) is 14.7. The number of carbonyl (C=O) groups excluding carboxylic acids is 2. The van der Waals surface area contributed by atoms with Gasteiger partial charge in [-0.3, -0.25) is 4.79 Å². The Morgan fingerprint density at radius 1 is 1.28 bits per heavy atom. The molecule has 0 saturated carbocycles. The van der Waals surface area contributed by atoms with E-state index in [1.54, 1.807) is 37.3 Å². The molecule has 7 nitrogen and oxygen atoms in total. The van der Waals surface area contributed by atoms with Crippen LogP contribution in [0.2, 0.25) is 0 Å². The molecule has 0 spiro atoms. The van der Waals surface area contributed by atoms with Crippen LogP contribution in [-0.4, -0.2) is 50.2 Å². The minimum atomic E-state index is -0.571. The highest BCUT2D eigenvalue weighted by Gasteiger charge is 2.25. The molecule has 1 aliphatic rings. The number of likely N-dealkylation sites (tertiary alicyclic amines) is 1. The number of nitrogens with two attached hydrogens (primary N) is 1. The van der Waals surface area contributed by atoms with Crippen LogP contribution < -0.4 is 20.5 Å². The molecule has 1 fully saturated rings. The lowest BCUT2D eigenvalue weighted by atomic mass is 10.0. The molecule has 1 heterocycles. The Morgan fingerprint density at radius 2 is 2.04 bits per heavy atom. The predicted molar refractivity (Wildman–Crippen MR) is 95.5 cm³/mol. The van der Waals surface area contributed by atoms with Crippen molar-refractivity contribution in [2.45, 2.75) is 25.3 Å². The molecule has 1 aromatic rings. The van der Waals surface area contributed by atoms with Gasteiger partial charge in [0, 0.05) is 25.2 Å². The molecule has 3 N–H and O–H groups in total. The minimum Gasteiger partial charge on any atom is -0.493 e. The summed E-state index contributed by atoms with van der Waals surface area (Å²) in [6, 6.07) is 4.87. The van der Waals surface area contributed by atoms with Gasteiger partial charge in [0.15, 0.2) is 11.5 Å². The van der Waals surface area contributed by atoms with Crippen molar-refractivity contribution < 1.29 is 19.1 Å². The summed E-state index contributed by atoms with van der Waals surface area (Å²) < 4.78 is 10.5. The quantitative estimate of drug-likeness (QED) is 0.767. The maximum Gasteiger partial charge on any atom is 0.312 e. The second kappa shape index (κ2) is 8.96. The van der Waals surface area contributed by atoms with Crippen LogP contribution in [0.3, 0.4) is 0 Å². The van der Waals surface area contributed by atoms with Crippen molar-refractivity contribution in [3.8, 4) is 11.5 Å². The summed E-state index contributed by atoms with van der Waals surface area (Å²) in [5.41, 5.74) is 5.97. The highest BCUT2D eigenvalue weighted by atomic mass is 16.5. The van der Waals surface area contributed by atoms with Crippen LogP contribution in [0.15, 0.2) is 24.3 Å². The fourth-order valence-electron chi connectivity index (χ4n) is 2.94. The number of benzene rings is 1. The van der Waals surface area contributed by atoms with E-state index in [2.05, 4.69) is 5.32 Å². The number of hydrogen-bond acceptors (Lipinski definition) is 4. The Kier molecular flexibility index (Phi) is 6.68. The summed E-state index contributed by atoms with van der Waals surface area (Å²) in [5.74, 6) is 1.17. The van der Waals surface area contributed by atoms with Crippen molar-refractivity contribution in [3.05, 3.63) is 29.8 Å². The fourth-order valence-corrected chi connectivity index (χ4v) is 2.94. The Morgan fingerprint density at radius 3 is 2.72 bits per heavy atom. The number of nitrogens with zero attached hydrogens (tertiary/aromatic N) is 1. The summed E-state index contributed by atoms with van der Waals surface area (Å²) >= 11 is 0. The largest absolute Gasteiger partial charge is 0.493 e. The maximum atomic E-state index is 12.5. The molecule has 1 unspecified atom stereocenters. The Bertz CT molecular complexity index is 645. The van der Waals surface area contributed by atoms with Gasteiger partial charge in [0.05, 0.1) is 14.2 Å². The molecule has 3 amide bonds. The number of ether oxygens (including phenoxy) is 2. The fraction of sp³-hybridized carbons (Fsp3) is 0.444. The number of methoxy groups -OCH3 is 2. The van der Waals surface area contributed by atoms with Gasteiger partial charge in [-0.15, -0.1) is 0 Å². The van der Waals surface area contributed by atoms with Crippen molar-refractivity contribution in [2.24, 2.45) is 5.73 Å². The van der Waals surface area contributed by atoms with Crippen molar-refractivity contribution in [2.75, 3.05) is 27.3 Å². The summed E-state index contributed by atoms with van der Waals surface area (Å²) in [6.45, 7) is 1.06. The monoisotopic (exact) mass is 347 g/mol. The van der Waals surface area contributed by atoms with E-state index in [9.17, 15) is 9.59 Å². The lowest BCUT2D eigenvalue weighted by Gasteiger charge is -2.35. The average molecular weight is 347 g/mol. The van der Waals surface area contributed by atoms with E-state index in [4.69, 9.17) is 15.2 Å². The minimum absolute atomic E-state index is 0.0243. The first-order chi connectivity index (χ1) is 12.0. The molecular formula is C18H25N3O4. The normalized spacial score (nSPS) is 17.4. The Hall–Kier alpha value is -2.70. The van der Waals surface area contributed by atoms with E-state index < -0.39 is 6.03 Å². The lowest BCUT2D eigenvalue weighted by molar-refractivity contribution is -0.129. The molecule has 25 heavy (non-hydrogen) atoms. The van der Waals surface area contributed by atoms with E-state index in [0.29, 0.717) is 24.6 Å². The third-order valence-electron chi connectivity index (χ3n) is 4.25. The zero-order chi connectivity index (χ0) is 18.2. The molecule has 1 atom stereocenters. The first-order valence-electron chi connectivity index (χ1n) is 8.29. The molecule has 0 aromatic heterocycles. The highest BCUT2D eigenvalue weighted by molar-refractivity contribution is 5.92. The second-order valence-corrected chi connectivity index (χ2v) is 5.87. The highest BCUT2D eigenvalue weighted by Crippen LogP contribution is 2.28. The van der Waals surface area contributed by atoms with E-state index in [-0.39, 0.29) is 11.9 Å². The van der Waals surface area contributed by atoms with E-state index >= 15 is 0 Å². The molecule has 0 radical (unpaired) electrons. The molecular weight excluding hydrogens is 322 g/mol. The number of primary amides is 1. The zero-order valence-corrected chi connectivity index (χ0v) is 14.7. The molecule has 0 bridgehead atoms. The van der Waals surface area contributed by atoms with E-state index in [1.807, 2.05) is 12.1 Å². The summed E-state index contributed by atoms with van der Waals surface area (Å²) in [6.07, 6.45) is 6.15. The standard InChI is InChI=1S/C18H25N3O4/c1-24-15-8-6-13(11-16(15)25-2)7-9-17(22)21-10-4-3-5-14(21)12-20-18(19)23/h6-9,11,14H,3-5,10,12H2,1-2H3,(H3,19,20,23)/b9-7+. The van der Waals surface area contributed by atoms with Gasteiger partial charge in [-0.2, -0.15) is 0 Å². The first-order valence-corrected chi connectivity index (χ1v) is 8.29. The van der Waals surface area contributed by atoms with Crippen LogP contribution in [0.25, 0.3) is 6.08 Å². The molecule has 0 aliphatic carbocycles.